The number of carboxylic acid groups (broad SMARTS) is 2. The van der Waals surface area contributed by atoms with Crippen LogP contribution in [0.25, 0.3) is 0 Å². The van der Waals surface area contributed by atoms with Gasteiger partial charge in [0.05, 0.1) is 6.61 Å². The quantitative estimate of drug-likeness (QED) is 0.435. The van der Waals surface area contributed by atoms with Gasteiger partial charge in [-0.1, -0.05) is 33.1 Å². The van der Waals surface area contributed by atoms with Crippen LogP contribution in [0.5, 0.6) is 0 Å². The monoisotopic (exact) mass is 275 g/mol. The van der Waals surface area contributed by atoms with Crippen LogP contribution < -0.4 is 5.32 Å². The Balaban J connectivity index is 4.78. The smallest absolute Gasteiger partial charge is 0.408 e. The summed E-state index contributed by atoms with van der Waals surface area (Å²) in [5, 5.41) is 20.1. The van der Waals surface area contributed by atoms with Crippen molar-refractivity contribution in [2.75, 3.05) is 6.61 Å². The second-order valence-electron chi connectivity index (χ2n) is 4.23. The molecule has 0 saturated carbocycles. The molecule has 0 radical (unpaired) electrons. The van der Waals surface area contributed by atoms with E-state index in [1.165, 1.54) is 0 Å². The number of hydrogen-bond acceptors (Lipinski definition) is 4. The van der Waals surface area contributed by atoms with Gasteiger partial charge >= 0.3 is 18.0 Å². The van der Waals surface area contributed by atoms with E-state index in [9.17, 15) is 14.4 Å². The van der Waals surface area contributed by atoms with E-state index in [0.29, 0.717) is 19.3 Å². The van der Waals surface area contributed by atoms with Gasteiger partial charge in [-0.15, -0.1) is 0 Å². The van der Waals surface area contributed by atoms with Gasteiger partial charge in [0.2, 0.25) is 5.54 Å². The molecular weight excluding hydrogens is 254 g/mol. The predicted molar refractivity (Wildman–Crippen MR) is 66.9 cm³/mol. The van der Waals surface area contributed by atoms with Gasteiger partial charge in [-0.05, 0) is 12.8 Å². The lowest BCUT2D eigenvalue weighted by Gasteiger charge is -2.25. The highest BCUT2D eigenvalue weighted by Crippen LogP contribution is 2.16. The van der Waals surface area contributed by atoms with Crippen LogP contribution in [0.1, 0.15) is 46.0 Å². The molecular formula is C12H21NO6. The lowest BCUT2D eigenvalue weighted by molar-refractivity contribution is -0.159. The lowest BCUT2D eigenvalue weighted by atomic mass is 9.93. The summed E-state index contributed by atoms with van der Waals surface area (Å²) in [5.41, 5.74) is -2.32. The van der Waals surface area contributed by atoms with E-state index in [4.69, 9.17) is 14.9 Å². The Labute approximate surface area is 111 Å². The van der Waals surface area contributed by atoms with Crippen molar-refractivity contribution in [1.29, 1.82) is 0 Å². The maximum absolute atomic E-state index is 11.4. The van der Waals surface area contributed by atoms with Gasteiger partial charge in [-0.2, -0.15) is 0 Å². The van der Waals surface area contributed by atoms with Gasteiger partial charge in [-0.3, -0.25) is 5.32 Å². The van der Waals surface area contributed by atoms with Gasteiger partial charge in [0.25, 0.3) is 0 Å². The Morgan fingerprint density at radius 3 is 2.00 bits per heavy atom. The minimum Gasteiger partial charge on any atom is -0.479 e. The number of ether oxygens (including phenoxy) is 1. The van der Waals surface area contributed by atoms with E-state index in [1.807, 2.05) is 12.2 Å². The first-order valence-corrected chi connectivity index (χ1v) is 6.32. The van der Waals surface area contributed by atoms with Gasteiger partial charge in [0, 0.05) is 0 Å². The average molecular weight is 275 g/mol. The molecule has 0 aliphatic carbocycles. The van der Waals surface area contributed by atoms with E-state index >= 15 is 0 Å². The van der Waals surface area contributed by atoms with Crippen LogP contribution in [0, 0.1) is 0 Å². The first-order chi connectivity index (χ1) is 8.90. The second kappa shape index (κ2) is 8.34. The molecule has 7 heteroatoms. The number of carbonyl (C=O) groups is 3. The lowest BCUT2D eigenvalue weighted by Crippen LogP contribution is -2.60. The molecule has 0 aromatic heterocycles. The second-order valence-corrected chi connectivity index (χ2v) is 4.23. The summed E-state index contributed by atoms with van der Waals surface area (Å²) < 4.78 is 4.74. The minimum atomic E-state index is -2.32. The van der Waals surface area contributed by atoms with Crippen molar-refractivity contribution in [2.45, 2.75) is 51.5 Å². The molecule has 0 aromatic rings. The van der Waals surface area contributed by atoms with Gasteiger partial charge in [0.15, 0.2) is 0 Å². The normalized spacial score (nSPS) is 10.8. The SMILES string of the molecule is CCCCOC(=O)NC(CCCC)(C(=O)O)C(=O)O. The van der Waals surface area contributed by atoms with Crippen LogP contribution in [-0.2, 0) is 14.3 Å². The van der Waals surface area contributed by atoms with E-state index < -0.39 is 23.6 Å². The number of unbranched alkanes of at least 4 members (excludes halogenated alkanes) is 2. The number of aliphatic carboxylic acids is 2. The maximum atomic E-state index is 11.4. The minimum absolute atomic E-state index is 0.130. The highest BCUT2D eigenvalue weighted by atomic mass is 16.5. The van der Waals surface area contributed by atoms with Crippen LogP contribution in [0.15, 0.2) is 0 Å². The summed E-state index contributed by atoms with van der Waals surface area (Å²) in [6.07, 6.45) is 1.23. The Hall–Kier alpha value is -1.79. The van der Waals surface area contributed by atoms with Crippen molar-refractivity contribution in [3.05, 3.63) is 0 Å². The number of hydrogen-bond donors (Lipinski definition) is 3. The highest BCUT2D eigenvalue weighted by Gasteiger charge is 2.48. The van der Waals surface area contributed by atoms with Gasteiger partial charge in [-0.25, -0.2) is 14.4 Å². The van der Waals surface area contributed by atoms with E-state index in [-0.39, 0.29) is 13.0 Å². The zero-order chi connectivity index (χ0) is 14.9. The van der Waals surface area contributed by atoms with Crippen molar-refractivity contribution in [2.24, 2.45) is 0 Å². The first kappa shape index (κ1) is 17.2. The summed E-state index contributed by atoms with van der Waals surface area (Å²) in [5.74, 6) is -3.19. The molecule has 3 N–H and O–H groups in total. The average Bonchev–Trinajstić information content (AvgIpc) is 2.34. The topological polar surface area (TPSA) is 113 Å². The van der Waals surface area contributed by atoms with E-state index in [0.717, 1.165) is 6.42 Å². The highest BCUT2D eigenvalue weighted by molar-refractivity contribution is 6.05. The maximum Gasteiger partial charge on any atom is 0.408 e. The third-order valence-corrected chi connectivity index (χ3v) is 2.68. The molecule has 19 heavy (non-hydrogen) atoms. The number of rotatable bonds is 9. The predicted octanol–water partition coefficient (Wildman–Crippen LogP) is 1.61. The molecule has 0 spiro atoms. The van der Waals surface area contributed by atoms with Crippen LogP contribution in [0.4, 0.5) is 4.79 Å². The summed E-state index contributed by atoms with van der Waals surface area (Å²) in [6, 6.07) is 0. The number of carbonyl (C=O) groups excluding carboxylic acids is 1. The summed E-state index contributed by atoms with van der Waals surface area (Å²) in [7, 11) is 0. The molecule has 0 atom stereocenters. The number of carboxylic acids is 2. The molecule has 1 amide bonds. The summed E-state index contributed by atoms with van der Waals surface area (Å²) in [6.45, 7) is 3.83. The fourth-order valence-electron chi connectivity index (χ4n) is 1.44. The standard InChI is InChI=1S/C12H21NO6/c1-3-5-7-12(9(14)15,10(16)17)13-11(18)19-8-6-4-2/h3-8H2,1-2H3,(H,13,18)(H,14,15)(H,16,17). The summed E-state index contributed by atoms with van der Waals surface area (Å²) >= 11 is 0. The van der Waals surface area contributed by atoms with Crippen LogP contribution in [0.3, 0.4) is 0 Å². The molecule has 0 aliphatic rings. The first-order valence-electron chi connectivity index (χ1n) is 6.32. The van der Waals surface area contributed by atoms with Crippen LogP contribution in [-0.4, -0.2) is 40.4 Å². The molecule has 0 heterocycles. The zero-order valence-electron chi connectivity index (χ0n) is 11.3. The molecule has 0 aromatic carbocycles. The molecule has 0 aliphatic heterocycles. The van der Waals surface area contributed by atoms with E-state index in [1.54, 1.807) is 6.92 Å². The fourth-order valence-corrected chi connectivity index (χ4v) is 1.44. The van der Waals surface area contributed by atoms with Crippen molar-refractivity contribution in [3.63, 3.8) is 0 Å². The Kier molecular flexibility index (Phi) is 7.55. The van der Waals surface area contributed by atoms with Crippen molar-refractivity contribution in [1.82, 2.24) is 5.32 Å². The fraction of sp³-hybridized carbons (Fsp3) is 0.750. The Bertz CT molecular complexity index is 314. The number of alkyl carbamates (subject to hydrolysis) is 1. The third kappa shape index (κ3) is 5.15. The van der Waals surface area contributed by atoms with Gasteiger partial charge < -0.3 is 14.9 Å². The zero-order valence-corrected chi connectivity index (χ0v) is 11.3. The van der Waals surface area contributed by atoms with Crippen molar-refractivity contribution >= 4 is 18.0 Å². The molecule has 7 nitrogen and oxygen atoms in total. The number of nitrogens with one attached hydrogen (secondary N) is 1. The summed E-state index contributed by atoms with van der Waals surface area (Å²) in [4.78, 5) is 33.8. The molecule has 0 unspecified atom stereocenters. The molecule has 110 valence electrons. The van der Waals surface area contributed by atoms with Crippen molar-refractivity contribution in [3.8, 4) is 0 Å². The third-order valence-electron chi connectivity index (χ3n) is 2.68. The Morgan fingerprint density at radius 2 is 1.58 bits per heavy atom. The van der Waals surface area contributed by atoms with Crippen LogP contribution >= 0.6 is 0 Å². The molecule has 0 rings (SSSR count). The Morgan fingerprint density at radius 1 is 1.05 bits per heavy atom. The van der Waals surface area contributed by atoms with Gasteiger partial charge in [0.1, 0.15) is 0 Å². The number of amides is 1. The van der Waals surface area contributed by atoms with Crippen molar-refractivity contribution < 1.29 is 29.3 Å². The molecule has 0 saturated heterocycles. The molecule has 0 bridgehead atoms. The van der Waals surface area contributed by atoms with E-state index in [2.05, 4.69) is 0 Å². The largest absolute Gasteiger partial charge is 0.479 e. The molecule has 0 fully saturated rings. The van der Waals surface area contributed by atoms with Crippen LogP contribution in [0.2, 0.25) is 0 Å².